The van der Waals surface area contributed by atoms with Gasteiger partial charge in [0.25, 0.3) is 0 Å². The summed E-state index contributed by atoms with van der Waals surface area (Å²) in [5, 5.41) is 0. The van der Waals surface area contributed by atoms with E-state index in [4.69, 9.17) is 11.6 Å². The van der Waals surface area contributed by atoms with Gasteiger partial charge in [-0.25, -0.2) is 0 Å². The standard InChI is InChI=1S/C10H15ClO/c11-6-2-5-10-4-1-3-8(10)7-9(10)12/h8H,1-7H2/t8-,10+/m0/s1. The number of hydrogen-bond acceptors (Lipinski definition) is 1. The summed E-state index contributed by atoms with van der Waals surface area (Å²) in [5.74, 6) is 1.96. The Morgan fingerprint density at radius 2 is 2.42 bits per heavy atom. The van der Waals surface area contributed by atoms with Crippen molar-refractivity contribution < 1.29 is 4.79 Å². The SMILES string of the molecule is O=C1C[C@@H]2CCC[C@]12CCCCl. The van der Waals surface area contributed by atoms with E-state index >= 15 is 0 Å². The molecule has 2 fully saturated rings. The molecule has 68 valence electrons. The van der Waals surface area contributed by atoms with Crippen LogP contribution in [0, 0.1) is 11.3 Å². The summed E-state index contributed by atoms with van der Waals surface area (Å²) >= 11 is 5.65. The van der Waals surface area contributed by atoms with Crippen LogP contribution in [0.1, 0.15) is 38.5 Å². The maximum Gasteiger partial charge on any atom is 0.139 e. The molecule has 2 aliphatic rings. The van der Waals surface area contributed by atoms with Gasteiger partial charge < -0.3 is 0 Å². The minimum absolute atomic E-state index is 0.120. The molecule has 0 heterocycles. The van der Waals surface area contributed by atoms with E-state index in [0.29, 0.717) is 11.7 Å². The molecule has 2 aliphatic carbocycles. The number of ketones is 1. The highest BCUT2D eigenvalue weighted by atomic mass is 35.5. The summed E-state index contributed by atoms with van der Waals surface area (Å²) < 4.78 is 0. The highest BCUT2D eigenvalue weighted by Gasteiger charge is 2.55. The van der Waals surface area contributed by atoms with Crippen LogP contribution >= 0.6 is 11.6 Å². The van der Waals surface area contributed by atoms with Crippen LogP contribution in [0.4, 0.5) is 0 Å². The summed E-state index contributed by atoms with van der Waals surface area (Å²) in [5.41, 5.74) is 0.120. The second-order valence-corrected chi connectivity index (χ2v) is 4.54. The van der Waals surface area contributed by atoms with Crippen molar-refractivity contribution in [3.05, 3.63) is 0 Å². The van der Waals surface area contributed by atoms with Gasteiger partial charge in [-0.05, 0) is 31.6 Å². The van der Waals surface area contributed by atoms with Gasteiger partial charge >= 0.3 is 0 Å². The summed E-state index contributed by atoms with van der Waals surface area (Å²) in [6.45, 7) is 0. The second kappa shape index (κ2) is 3.02. The number of Topliss-reactive ketones (excluding diaryl/α,β-unsaturated/α-hetero) is 1. The molecule has 0 bridgehead atoms. The van der Waals surface area contributed by atoms with Crippen LogP contribution in [-0.2, 0) is 4.79 Å². The fraction of sp³-hybridized carbons (Fsp3) is 0.900. The molecule has 0 radical (unpaired) electrons. The van der Waals surface area contributed by atoms with Gasteiger partial charge in [0.1, 0.15) is 5.78 Å². The first-order valence-electron chi connectivity index (χ1n) is 4.89. The third-order valence-corrected chi connectivity index (χ3v) is 3.97. The molecule has 2 saturated carbocycles. The predicted molar refractivity (Wildman–Crippen MR) is 49.4 cm³/mol. The molecule has 2 heteroatoms. The van der Waals surface area contributed by atoms with Gasteiger partial charge in [-0.1, -0.05) is 6.42 Å². The van der Waals surface area contributed by atoms with E-state index in [9.17, 15) is 4.79 Å². The van der Waals surface area contributed by atoms with E-state index in [1.807, 2.05) is 0 Å². The fourth-order valence-corrected chi connectivity index (χ4v) is 3.09. The van der Waals surface area contributed by atoms with E-state index in [1.54, 1.807) is 0 Å². The first kappa shape index (κ1) is 8.55. The summed E-state index contributed by atoms with van der Waals surface area (Å²) in [6, 6.07) is 0. The van der Waals surface area contributed by atoms with Crippen LogP contribution in [0.5, 0.6) is 0 Å². The molecular weight excluding hydrogens is 172 g/mol. The minimum Gasteiger partial charge on any atom is -0.299 e. The zero-order valence-electron chi connectivity index (χ0n) is 7.31. The first-order chi connectivity index (χ1) is 5.79. The molecule has 2 atom stereocenters. The second-order valence-electron chi connectivity index (χ2n) is 4.17. The van der Waals surface area contributed by atoms with Gasteiger partial charge in [-0.2, -0.15) is 0 Å². The molecule has 12 heavy (non-hydrogen) atoms. The Morgan fingerprint density at radius 1 is 1.58 bits per heavy atom. The topological polar surface area (TPSA) is 17.1 Å². The Balaban J connectivity index is 2.01. The van der Waals surface area contributed by atoms with Gasteiger partial charge in [0.05, 0.1) is 0 Å². The van der Waals surface area contributed by atoms with Gasteiger partial charge in [-0.3, -0.25) is 4.79 Å². The monoisotopic (exact) mass is 186 g/mol. The number of alkyl halides is 1. The molecule has 0 aromatic carbocycles. The third-order valence-electron chi connectivity index (χ3n) is 3.70. The normalized spacial score (nSPS) is 39.4. The molecule has 0 saturated heterocycles. The fourth-order valence-electron chi connectivity index (χ4n) is 2.96. The highest BCUT2D eigenvalue weighted by molar-refractivity contribution is 6.17. The Hall–Kier alpha value is -0.0400. The lowest BCUT2D eigenvalue weighted by molar-refractivity contribution is -0.144. The van der Waals surface area contributed by atoms with Crippen molar-refractivity contribution >= 4 is 17.4 Å². The van der Waals surface area contributed by atoms with E-state index in [-0.39, 0.29) is 5.41 Å². The Bertz CT molecular complexity index is 202. The maximum atomic E-state index is 11.5. The lowest BCUT2D eigenvalue weighted by atomic mass is 9.59. The van der Waals surface area contributed by atoms with E-state index in [2.05, 4.69) is 0 Å². The first-order valence-corrected chi connectivity index (χ1v) is 5.42. The van der Waals surface area contributed by atoms with Crippen molar-refractivity contribution in [1.82, 2.24) is 0 Å². The van der Waals surface area contributed by atoms with Crippen LogP contribution in [0.3, 0.4) is 0 Å². The number of rotatable bonds is 3. The summed E-state index contributed by atoms with van der Waals surface area (Å²) in [7, 11) is 0. The van der Waals surface area contributed by atoms with Gasteiger partial charge in [0, 0.05) is 17.7 Å². The lowest BCUT2D eigenvalue weighted by Crippen LogP contribution is -2.46. The smallest absolute Gasteiger partial charge is 0.139 e. The average molecular weight is 187 g/mol. The number of hydrogen-bond donors (Lipinski definition) is 0. The number of fused-ring (bicyclic) bond motifs is 1. The number of carbonyl (C=O) groups excluding carboxylic acids is 1. The van der Waals surface area contributed by atoms with Crippen molar-refractivity contribution in [3.8, 4) is 0 Å². The molecule has 0 amide bonds. The molecule has 0 aromatic rings. The molecule has 0 aliphatic heterocycles. The van der Waals surface area contributed by atoms with Crippen LogP contribution in [0.2, 0.25) is 0 Å². The van der Waals surface area contributed by atoms with Crippen molar-refractivity contribution in [1.29, 1.82) is 0 Å². The van der Waals surface area contributed by atoms with Gasteiger partial charge in [0.15, 0.2) is 0 Å². The third kappa shape index (κ3) is 1.02. The Morgan fingerprint density at radius 3 is 3.00 bits per heavy atom. The van der Waals surface area contributed by atoms with Crippen molar-refractivity contribution in [2.24, 2.45) is 11.3 Å². The number of halogens is 1. The zero-order chi connectivity index (χ0) is 8.60. The van der Waals surface area contributed by atoms with E-state index < -0.39 is 0 Å². The van der Waals surface area contributed by atoms with E-state index in [1.165, 1.54) is 12.8 Å². The molecule has 0 spiro atoms. The molecule has 1 nitrogen and oxygen atoms in total. The van der Waals surface area contributed by atoms with Crippen molar-refractivity contribution in [2.75, 3.05) is 5.88 Å². The minimum atomic E-state index is 0.120. The quantitative estimate of drug-likeness (QED) is 0.620. The summed E-state index contributed by atoms with van der Waals surface area (Å²) in [4.78, 5) is 11.5. The van der Waals surface area contributed by atoms with E-state index in [0.717, 1.165) is 31.6 Å². The number of carbonyl (C=O) groups is 1. The van der Waals surface area contributed by atoms with Gasteiger partial charge in [-0.15, -0.1) is 11.6 Å². The Kier molecular flexibility index (Phi) is 2.16. The summed E-state index contributed by atoms with van der Waals surface area (Å²) in [6.07, 6.45) is 6.63. The largest absolute Gasteiger partial charge is 0.299 e. The van der Waals surface area contributed by atoms with Crippen LogP contribution in [0.15, 0.2) is 0 Å². The van der Waals surface area contributed by atoms with Crippen LogP contribution in [-0.4, -0.2) is 11.7 Å². The maximum absolute atomic E-state index is 11.5. The van der Waals surface area contributed by atoms with Gasteiger partial charge in [0.2, 0.25) is 0 Å². The van der Waals surface area contributed by atoms with Crippen molar-refractivity contribution in [2.45, 2.75) is 38.5 Å². The highest BCUT2D eigenvalue weighted by Crippen LogP contribution is 2.57. The Labute approximate surface area is 78.5 Å². The average Bonchev–Trinajstić information content (AvgIpc) is 2.39. The molecule has 2 rings (SSSR count). The molecular formula is C10H15ClO. The molecule has 0 aromatic heterocycles. The van der Waals surface area contributed by atoms with Crippen LogP contribution in [0.25, 0.3) is 0 Å². The zero-order valence-corrected chi connectivity index (χ0v) is 8.07. The molecule has 0 N–H and O–H groups in total. The lowest BCUT2D eigenvalue weighted by Gasteiger charge is -2.43. The molecule has 0 unspecified atom stereocenters. The van der Waals surface area contributed by atoms with Crippen LogP contribution < -0.4 is 0 Å². The van der Waals surface area contributed by atoms with Crippen molar-refractivity contribution in [3.63, 3.8) is 0 Å². The predicted octanol–water partition coefficient (Wildman–Crippen LogP) is 2.76.